The first-order chi connectivity index (χ1) is 12.8. The summed E-state index contributed by atoms with van der Waals surface area (Å²) in [5, 5.41) is 6.91. The predicted molar refractivity (Wildman–Crippen MR) is 98.3 cm³/mol. The van der Waals surface area contributed by atoms with Crippen molar-refractivity contribution < 1.29 is 14.3 Å². The highest BCUT2D eigenvalue weighted by Gasteiger charge is 2.28. The molecule has 1 aromatic heterocycles. The zero-order valence-electron chi connectivity index (χ0n) is 15.2. The van der Waals surface area contributed by atoms with E-state index in [0.29, 0.717) is 19.1 Å². The van der Waals surface area contributed by atoms with Gasteiger partial charge in [0, 0.05) is 44.1 Å². The summed E-state index contributed by atoms with van der Waals surface area (Å²) in [6.07, 6.45) is 10.6. The maximum absolute atomic E-state index is 13.0. The molecule has 138 valence electrons. The van der Waals surface area contributed by atoms with Crippen LogP contribution in [0.2, 0.25) is 0 Å². The largest absolute Gasteiger partial charge is 0.384 e. The number of hydrogen-bond acceptors (Lipinski definition) is 4. The minimum Gasteiger partial charge on any atom is -0.384 e. The van der Waals surface area contributed by atoms with Crippen molar-refractivity contribution >= 4 is 11.5 Å². The Balaban J connectivity index is 1.55. The van der Waals surface area contributed by atoms with Crippen molar-refractivity contribution in [3.63, 3.8) is 0 Å². The minimum atomic E-state index is 0.140. The van der Waals surface area contributed by atoms with Gasteiger partial charge in [0.25, 0.3) is 5.91 Å². The molecule has 26 heavy (non-hydrogen) atoms. The topological polar surface area (TPSA) is 67.5 Å². The summed E-state index contributed by atoms with van der Waals surface area (Å²) in [5.74, 6) is 0.708. The number of hydrogen-bond donors (Lipinski definition) is 1. The Morgan fingerprint density at radius 3 is 2.96 bits per heavy atom. The van der Waals surface area contributed by atoms with Gasteiger partial charge in [0.15, 0.2) is 0 Å². The monoisotopic (exact) mass is 355 g/mol. The molecule has 0 atom stereocenters. The van der Waals surface area contributed by atoms with Crippen LogP contribution in [0.1, 0.15) is 24.8 Å². The van der Waals surface area contributed by atoms with Crippen LogP contribution in [0.4, 0.5) is 0 Å². The zero-order valence-corrected chi connectivity index (χ0v) is 15.2. The molecule has 0 spiro atoms. The Labute approximate surface area is 153 Å². The SMILES string of the molecule is COCC1CCN(C(=O)C2=CC3=C(c4cn[nH]c4)COCCC3=C2)CC1. The highest BCUT2D eigenvalue weighted by Crippen LogP contribution is 2.36. The fourth-order valence-corrected chi connectivity index (χ4v) is 3.98. The van der Waals surface area contributed by atoms with Crippen molar-refractivity contribution in [2.75, 3.05) is 40.0 Å². The number of ether oxygens (including phenoxy) is 2. The fraction of sp³-hybridized carbons (Fsp3) is 0.500. The van der Waals surface area contributed by atoms with Crippen molar-refractivity contribution in [3.8, 4) is 0 Å². The van der Waals surface area contributed by atoms with Gasteiger partial charge in [0.1, 0.15) is 0 Å². The third kappa shape index (κ3) is 3.39. The fourth-order valence-electron chi connectivity index (χ4n) is 3.98. The van der Waals surface area contributed by atoms with E-state index in [0.717, 1.165) is 61.2 Å². The number of allylic oxidation sites excluding steroid dienone is 2. The van der Waals surface area contributed by atoms with Crippen molar-refractivity contribution in [1.29, 1.82) is 0 Å². The molecular formula is C20H25N3O3. The van der Waals surface area contributed by atoms with Crippen LogP contribution in [0.15, 0.2) is 41.3 Å². The number of carbonyl (C=O) groups excluding carboxylic acids is 1. The molecule has 2 aliphatic heterocycles. The van der Waals surface area contributed by atoms with Gasteiger partial charge in [-0.15, -0.1) is 0 Å². The first-order valence-corrected chi connectivity index (χ1v) is 9.27. The lowest BCUT2D eigenvalue weighted by molar-refractivity contribution is -0.128. The van der Waals surface area contributed by atoms with E-state index >= 15 is 0 Å². The molecule has 1 fully saturated rings. The van der Waals surface area contributed by atoms with Gasteiger partial charge in [-0.25, -0.2) is 0 Å². The van der Waals surface area contributed by atoms with E-state index in [-0.39, 0.29) is 5.91 Å². The summed E-state index contributed by atoms with van der Waals surface area (Å²) in [4.78, 5) is 15.0. The van der Waals surface area contributed by atoms with Crippen LogP contribution in [-0.2, 0) is 14.3 Å². The summed E-state index contributed by atoms with van der Waals surface area (Å²) in [6, 6.07) is 0. The second-order valence-corrected chi connectivity index (χ2v) is 7.14. The Kier molecular flexibility index (Phi) is 5.04. The first-order valence-electron chi connectivity index (χ1n) is 9.27. The molecule has 1 amide bonds. The van der Waals surface area contributed by atoms with Gasteiger partial charge in [0.05, 0.1) is 19.4 Å². The van der Waals surface area contributed by atoms with Crippen LogP contribution < -0.4 is 0 Å². The molecule has 1 aromatic rings. The zero-order chi connectivity index (χ0) is 17.9. The highest BCUT2D eigenvalue weighted by atomic mass is 16.5. The lowest BCUT2D eigenvalue weighted by Crippen LogP contribution is -2.39. The Bertz CT molecular complexity index is 753. The van der Waals surface area contributed by atoms with Crippen molar-refractivity contribution in [2.24, 2.45) is 5.92 Å². The van der Waals surface area contributed by atoms with E-state index in [2.05, 4.69) is 10.2 Å². The summed E-state index contributed by atoms with van der Waals surface area (Å²) < 4.78 is 11.0. The molecule has 6 nitrogen and oxygen atoms in total. The second kappa shape index (κ2) is 7.60. The number of aromatic nitrogens is 2. The molecule has 3 heterocycles. The molecule has 0 unspecified atom stereocenters. The standard InChI is InChI=1S/C20H25N3O3/c1-25-12-14-2-5-23(6-3-14)20(24)16-8-15-4-7-26-13-19(18(15)9-16)17-10-21-22-11-17/h8-11,14H,2-7,12-13H2,1H3,(H,21,22). The lowest BCUT2D eigenvalue weighted by atomic mass is 9.97. The number of piperidine rings is 1. The number of nitrogens with one attached hydrogen (secondary N) is 1. The second-order valence-electron chi connectivity index (χ2n) is 7.14. The third-order valence-electron chi connectivity index (χ3n) is 5.46. The van der Waals surface area contributed by atoms with E-state index in [9.17, 15) is 4.79 Å². The summed E-state index contributed by atoms with van der Waals surface area (Å²) in [6.45, 7) is 3.63. The molecular weight excluding hydrogens is 330 g/mol. The molecule has 0 radical (unpaired) electrons. The molecule has 0 aromatic carbocycles. The summed E-state index contributed by atoms with van der Waals surface area (Å²) >= 11 is 0. The van der Waals surface area contributed by atoms with Gasteiger partial charge in [-0.2, -0.15) is 5.10 Å². The Hall–Kier alpha value is -2.18. The molecule has 3 aliphatic rings. The number of nitrogens with zero attached hydrogens (tertiary/aromatic N) is 2. The lowest BCUT2D eigenvalue weighted by Gasteiger charge is -2.31. The van der Waals surface area contributed by atoms with E-state index in [1.54, 1.807) is 7.11 Å². The maximum Gasteiger partial charge on any atom is 0.253 e. The molecule has 6 heteroatoms. The molecule has 1 saturated heterocycles. The van der Waals surface area contributed by atoms with Crippen LogP contribution in [0.5, 0.6) is 0 Å². The van der Waals surface area contributed by atoms with Crippen LogP contribution in [0.3, 0.4) is 0 Å². The Morgan fingerprint density at radius 1 is 1.38 bits per heavy atom. The maximum atomic E-state index is 13.0. The minimum absolute atomic E-state index is 0.140. The molecule has 1 aliphatic carbocycles. The normalized spacial score (nSPS) is 21.3. The molecule has 1 N–H and O–H groups in total. The van der Waals surface area contributed by atoms with Crippen LogP contribution in [0, 0.1) is 5.92 Å². The van der Waals surface area contributed by atoms with Gasteiger partial charge in [-0.1, -0.05) is 0 Å². The number of likely N-dealkylation sites (tertiary alicyclic amines) is 1. The van der Waals surface area contributed by atoms with Gasteiger partial charge >= 0.3 is 0 Å². The molecule has 4 rings (SSSR count). The summed E-state index contributed by atoms with van der Waals surface area (Å²) in [7, 11) is 1.74. The number of aromatic amines is 1. The smallest absolute Gasteiger partial charge is 0.253 e. The average Bonchev–Trinajstić information content (AvgIpc) is 3.30. The van der Waals surface area contributed by atoms with Gasteiger partial charge in [0.2, 0.25) is 0 Å². The third-order valence-corrected chi connectivity index (χ3v) is 5.46. The Morgan fingerprint density at radius 2 is 2.23 bits per heavy atom. The van der Waals surface area contributed by atoms with Crippen LogP contribution in [-0.4, -0.2) is 61.0 Å². The number of fused-ring (bicyclic) bond motifs is 1. The highest BCUT2D eigenvalue weighted by molar-refractivity contribution is 6.00. The molecule has 0 bridgehead atoms. The molecule has 0 saturated carbocycles. The number of carbonyl (C=O) groups is 1. The number of H-pyrrole nitrogens is 1. The van der Waals surface area contributed by atoms with Crippen LogP contribution >= 0.6 is 0 Å². The average molecular weight is 355 g/mol. The predicted octanol–water partition coefficient (Wildman–Crippen LogP) is 2.34. The van der Waals surface area contributed by atoms with Gasteiger partial charge < -0.3 is 14.4 Å². The first kappa shape index (κ1) is 17.2. The summed E-state index contributed by atoms with van der Waals surface area (Å²) in [5.41, 5.74) is 5.24. The van der Waals surface area contributed by atoms with E-state index in [1.807, 2.05) is 29.4 Å². The van der Waals surface area contributed by atoms with Gasteiger partial charge in [-0.05, 0) is 54.1 Å². The number of amides is 1. The van der Waals surface area contributed by atoms with Crippen molar-refractivity contribution in [3.05, 3.63) is 46.8 Å². The van der Waals surface area contributed by atoms with Crippen molar-refractivity contribution in [2.45, 2.75) is 19.3 Å². The van der Waals surface area contributed by atoms with Crippen molar-refractivity contribution in [1.82, 2.24) is 15.1 Å². The van der Waals surface area contributed by atoms with Gasteiger partial charge in [-0.3, -0.25) is 9.89 Å². The van der Waals surface area contributed by atoms with E-state index < -0.39 is 0 Å². The quantitative estimate of drug-likeness (QED) is 0.900. The van der Waals surface area contributed by atoms with E-state index in [1.165, 1.54) is 5.57 Å². The van der Waals surface area contributed by atoms with Crippen LogP contribution in [0.25, 0.3) is 5.57 Å². The van der Waals surface area contributed by atoms with E-state index in [4.69, 9.17) is 9.47 Å². The number of rotatable bonds is 4. The number of methoxy groups -OCH3 is 1.